The lowest BCUT2D eigenvalue weighted by Crippen LogP contribution is -2.44. The van der Waals surface area contributed by atoms with Crippen LogP contribution in [0.4, 0.5) is 0 Å². The van der Waals surface area contributed by atoms with E-state index in [1.54, 1.807) is 0 Å². The first kappa shape index (κ1) is 14.5. The average Bonchev–Trinajstić information content (AvgIpc) is 2.46. The van der Waals surface area contributed by atoms with Crippen molar-refractivity contribution in [3.63, 3.8) is 0 Å². The van der Waals surface area contributed by atoms with Crippen LogP contribution in [0.5, 0.6) is 0 Å². The monoisotopic (exact) mass is 261 g/mol. The third-order valence-electron chi connectivity index (χ3n) is 4.12. The van der Waals surface area contributed by atoms with Gasteiger partial charge in [0, 0.05) is 13.2 Å². The first-order chi connectivity index (χ1) is 9.35. The van der Waals surface area contributed by atoms with Crippen LogP contribution in [0.15, 0.2) is 30.3 Å². The van der Waals surface area contributed by atoms with E-state index in [4.69, 9.17) is 4.74 Å². The minimum atomic E-state index is 0.115. The van der Waals surface area contributed by atoms with Gasteiger partial charge in [0.05, 0.1) is 5.60 Å². The van der Waals surface area contributed by atoms with Crippen molar-refractivity contribution in [1.29, 1.82) is 0 Å². The Morgan fingerprint density at radius 3 is 2.53 bits per heavy atom. The Morgan fingerprint density at radius 2 is 1.84 bits per heavy atom. The average molecular weight is 261 g/mol. The Labute approximate surface area is 117 Å². The molecule has 0 spiro atoms. The molecule has 0 bridgehead atoms. The number of likely N-dealkylation sites (N-methyl/N-ethyl adjacent to an activating group) is 1. The molecule has 0 aliphatic heterocycles. The lowest BCUT2D eigenvalue weighted by atomic mass is 9.84. The summed E-state index contributed by atoms with van der Waals surface area (Å²) in [5, 5.41) is 3.31. The van der Waals surface area contributed by atoms with Crippen LogP contribution in [0.25, 0.3) is 0 Å². The van der Waals surface area contributed by atoms with Crippen LogP contribution < -0.4 is 5.32 Å². The SMILES string of the molecule is CNCC1(OCCCc2ccccc2)CCCCC1. The maximum Gasteiger partial charge on any atom is 0.0806 e. The predicted octanol–water partition coefficient (Wildman–Crippen LogP) is 3.56. The fourth-order valence-electron chi connectivity index (χ4n) is 3.10. The van der Waals surface area contributed by atoms with Gasteiger partial charge in [-0.15, -0.1) is 0 Å². The molecule has 2 nitrogen and oxygen atoms in total. The summed E-state index contributed by atoms with van der Waals surface area (Å²) in [4.78, 5) is 0. The zero-order chi connectivity index (χ0) is 13.4. The predicted molar refractivity (Wildman–Crippen MR) is 80.5 cm³/mol. The van der Waals surface area contributed by atoms with Crippen molar-refractivity contribution < 1.29 is 4.74 Å². The van der Waals surface area contributed by atoms with Crippen LogP contribution in [0, 0.1) is 0 Å². The highest BCUT2D eigenvalue weighted by Gasteiger charge is 2.31. The van der Waals surface area contributed by atoms with E-state index in [0.29, 0.717) is 0 Å². The molecule has 0 heterocycles. The number of hydrogen-bond acceptors (Lipinski definition) is 2. The summed E-state index contributed by atoms with van der Waals surface area (Å²) < 4.78 is 6.27. The minimum Gasteiger partial charge on any atom is -0.374 e. The van der Waals surface area contributed by atoms with Gasteiger partial charge >= 0.3 is 0 Å². The molecular weight excluding hydrogens is 234 g/mol. The molecule has 1 aliphatic carbocycles. The largest absolute Gasteiger partial charge is 0.374 e. The Kier molecular flexibility index (Phi) is 5.87. The molecule has 0 aromatic heterocycles. The highest BCUT2D eigenvalue weighted by Crippen LogP contribution is 2.31. The molecule has 1 N–H and O–H groups in total. The van der Waals surface area contributed by atoms with E-state index in [1.165, 1.54) is 37.7 Å². The maximum absolute atomic E-state index is 6.27. The fraction of sp³-hybridized carbons (Fsp3) is 0.647. The molecular formula is C17H27NO. The molecule has 2 heteroatoms. The molecule has 0 amide bonds. The second kappa shape index (κ2) is 7.66. The van der Waals surface area contributed by atoms with Gasteiger partial charge in [-0.2, -0.15) is 0 Å². The summed E-state index contributed by atoms with van der Waals surface area (Å²) in [6.45, 7) is 1.88. The van der Waals surface area contributed by atoms with E-state index >= 15 is 0 Å². The first-order valence-corrected chi connectivity index (χ1v) is 7.67. The van der Waals surface area contributed by atoms with Crippen LogP contribution in [-0.4, -0.2) is 25.8 Å². The summed E-state index contributed by atoms with van der Waals surface area (Å²) in [6.07, 6.45) is 8.70. The zero-order valence-electron chi connectivity index (χ0n) is 12.2. The topological polar surface area (TPSA) is 21.3 Å². The van der Waals surface area contributed by atoms with E-state index in [1.807, 2.05) is 7.05 Å². The van der Waals surface area contributed by atoms with Crippen molar-refractivity contribution in [3.05, 3.63) is 35.9 Å². The van der Waals surface area contributed by atoms with Crippen molar-refractivity contribution in [2.45, 2.75) is 50.5 Å². The van der Waals surface area contributed by atoms with Crippen LogP contribution in [0.3, 0.4) is 0 Å². The van der Waals surface area contributed by atoms with Crippen LogP contribution >= 0.6 is 0 Å². The van der Waals surface area contributed by atoms with E-state index in [2.05, 4.69) is 35.6 Å². The molecule has 19 heavy (non-hydrogen) atoms. The number of hydrogen-bond donors (Lipinski definition) is 1. The van der Waals surface area contributed by atoms with Crippen molar-refractivity contribution in [2.75, 3.05) is 20.2 Å². The lowest BCUT2D eigenvalue weighted by Gasteiger charge is -2.37. The molecule has 0 saturated heterocycles. The van der Waals surface area contributed by atoms with Crippen LogP contribution in [0.2, 0.25) is 0 Å². The van der Waals surface area contributed by atoms with Crippen LogP contribution in [-0.2, 0) is 11.2 Å². The standard InChI is InChI=1S/C17H27NO/c1-18-15-17(12-6-3-7-13-17)19-14-8-11-16-9-4-2-5-10-16/h2,4-5,9-10,18H,3,6-8,11-15H2,1H3. The van der Waals surface area contributed by atoms with Gasteiger partial charge in [0.1, 0.15) is 0 Å². The minimum absolute atomic E-state index is 0.115. The van der Waals surface area contributed by atoms with Gasteiger partial charge in [-0.3, -0.25) is 0 Å². The fourth-order valence-corrected chi connectivity index (χ4v) is 3.10. The third kappa shape index (κ3) is 4.63. The van der Waals surface area contributed by atoms with Crippen molar-refractivity contribution >= 4 is 0 Å². The molecule has 0 unspecified atom stereocenters. The third-order valence-corrected chi connectivity index (χ3v) is 4.12. The molecule has 0 atom stereocenters. The Morgan fingerprint density at radius 1 is 1.11 bits per heavy atom. The number of nitrogens with one attached hydrogen (secondary N) is 1. The molecule has 2 rings (SSSR count). The van der Waals surface area contributed by atoms with Gasteiger partial charge in [0.15, 0.2) is 0 Å². The number of benzene rings is 1. The van der Waals surface area contributed by atoms with Gasteiger partial charge in [-0.05, 0) is 38.3 Å². The normalized spacial score (nSPS) is 18.4. The van der Waals surface area contributed by atoms with Gasteiger partial charge in [0.25, 0.3) is 0 Å². The maximum atomic E-state index is 6.27. The second-order valence-electron chi connectivity index (χ2n) is 5.71. The van der Waals surface area contributed by atoms with Gasteiger partial charge < -0.3 is 10.1 Å². The Balaban J connectivity index is 1.73. The quantitative estimate of drug-likeness (QED) is 0.758. The summed E-state index contributed by atoms with van der Waals surface area (Å²) >= 11 is 0. The summed E-state index contributed by atoms with van der Waals surface area (Å²) in [7, 11) is 2.03. The van der Waals surface area contributed by atoms with Crippen LogP contribution in [0.1, 0.15) is 44.1 Å². The van der Waals surface area contributed by atoms with E-state index in [9.17, 15) is 0 Å². The van der Waals surface area contributed by atoms with E-state index in [0.717, 1.165) is 26.0 Å². The molecule has 1 aliphatic rings. The summed E-state index contributed by atoms with van der Waals surface area (Å²) in [6, 6.07) is 10.7. The van der Waals surface area contributed by atoms with Gasteiger partial charge in [-0.1, -0.05) is 49.6 Å². The lowest BCUT2D eigenvalue weighted by molar-refractivity contribution is -0.0681. The zero-order valence-corrected chi connectivity index (χ0v) is 12.2. The van der Waals surface area contributed by atoms with Crippen molar-refractivity contribution in [3.8, 4) is 0 Å². The second-order valence-corrected chi connectivity index (χ2v) is 5.71. The van der Waals surface area contributed by atoms with Crippen molar-refractivity contribution in [1.82, 2.24) is 5.32 Å². The Bertz CT molecular complexity index is 338. The molecule has 1 fully saturated rings. The highest BCUT2D eigenvalue weighted by atomic mass is 16.5. The molecule has 1 saturated carbocycles. The number of rotatable bonds is 7. The summed E-state index contributed by atoms with van der Waals surface area (Å²) in [5.74, 6) is 0. The van der Waals surface area contributed by atoms with Gasteiger partial charge in [0.2, 0.25) is 0 Å². The van der Waals surface area contributed by atoms with Crippen molar-refractivity contribution in [2.24, 2.45) is 0 Å². The molecule has 1 aromatic rings. The number of ether oxygens (including phenoxy) is 1. The molecule has 106 valence electrons. The smallest absolute Gasteiger partial charge is 0.0806 e. The molecule has 0 radical (unpaired) electrons. The summed E-state index contributed by atoms with van der Waals surface area (Å²) in [5.41, 5.74) is 1.53. The first-order valence-electron chi connectivity index (χ1n) is 7.67. The van der Waals surface area contributed by atoms with E-state index < -0.39 is 0 Å². The number of aryl methyl sites for hydroxylation is 1. The Hall–Kier alpha value is -0.860. The molecule has 1 aromatic carbocycles. The van der Waals surface area contributed by atoms with E-state index in [-0.39, 0.29) is 5.60 Å². The highest BCUT2D eigenvalue weighted by molar-refractivity contribution is 5.14. The van der Waals surface area contributed by atoms with Gasteiger partial charge in [-0.25, -0.2) is 0 Å².